The first-order chi connectivity index (χ1) is 30.7. The number of hydrogen-bond donors (Lipinski definition) is 0. The molecular weight excluding hydrogens is 761 g/mol. The second-order valence-electron chi connectivity index (χ2n) is 16.0. The van der Waals surface area contributed by atoms with Crippen molar-refractivity contribution in [2.24, 2.45) is 0 Å². The highest BCUT2D eigenvalue weighted by Gasteiger charge is 2.41. The SMILES string of the molecule is c1ccc(C(c2ccccc2)(c2ccccc2)c2cccc(-c3cccc(-c4cccc(-c5cccc([Si](c6ccccc6)(c6ccccc6)c6ccccc6)c5)c4)c3)c2)cc1. The molecule has 0 bridgehead atoms. The van der Waals surface area contributed by atoms with Crippen molar-refractivity contribution in [3.05, 3.63) is 301 Å². The third-order valence-corrected chi connectivity index (χ3v) is 17.3. The molecule has 62 heavy (non-hydrogen) atoms. The molecule has 0 N–H and O–H groups in total. The van der Waals surface area contributed by atoms with Crippen LogP contribution in [0.25, 0.3) is 33.4 Å². The summed E-state index contributed by atoms with van der Waals surface area (Å²) in [7, 11) is -2.67. The summed E-state index contributed by atoms with van der Waals surface area (Å²) in [5.41, 5.74) is 11.6. The van der Waals surface area contributed by atoms with E-state index in [0.29, 0.717) is 0 Å². The van der Waals surface area contributed by atoms with E-state index in [2.05, 4.69) is 279 Å². The molecule has 0 fully saturated rings. The minimum absolute atomic E-state index is 0.512. The second-order valence-corrected chi connectivity index (χ2v) is 19.8. The molecule has 0 heterocycles. The van der Waals surface area contributed by atoms with Gasteiger partial charge in [0.05, 0.1) is 5.41 Å². The normalized spacial score (nSPS) is 11.5. The van der Waals surface area contributed by atoms with Crippen LogP contribution in [-0.4, -0.2) is 8.07 Å². The molecule has 0 aliphatic carbocycles. The zero-order valence-corrected chi connectivity index (χ0v) is 35.6. The van der Waals surface area contributed by atoms with Gasteiger partial charge in [0, 0.05) is 0 Å². The summed E-state index contributed by atoms with van der Waals surface area (Å²) in [5.74, 6) is 0. The second kappa shape index (κ2) is 17.2. The van der Waals surface area contributed by atoms with Gasteiger partial charge in [-0.3, -0.25) is 0 Å². The van der Waals surface area contributed by atoms with Gasteiger partial charge in [-0.2, -0.15) is 0 Å². The summed E-state index contributed by atoms with van der Waals surface area (Å²) in [4.78, 5) is 0. The zero-order chi connectivity index (χ0) is 41.6. The Morgan fingerprint density at radius 3 is 0.823 bits per heavy atom. The van der Waals surface area contributed by atoms with Crippen LogP contribution >= 0.6 is 0 Å². The van der Waals surface area contributed by atoms with Gasteiger partial charge in [-0.25, -0.2) is 0 Å². The third kappa shape index (κ3) is 7.03. The fourth-order valence-electron chi connectivity index (χ4n) is 9.75. The summed E-state index contributed by atoms with van der Waals surface area (Å²) < 4.78 is 0. The fourth-order valence-corrected chi connectivity index (χ4v) is 14.5. The van der Waals surface area contributed by atoms with Crippen LogP contribution in [0.3, 0.4) is 0 Å². The molecule has 1 heteroatoms. The Morgan fingerprint density at radius 2 is 0.452 bits per heavy atom. The summed E-state index contributed by atoms with van der Waals surface area (Å²) in [5, 5.41) is 5.48. The van der Waals surface area contributed by atoms with E-state index in [1.807, 2.05) is 0 Å². The Labute approximate surface area is 367 Å². The lowest BCUT2D eigenvalue weighted by molar-refractivity contribution is 0.745. The van der Waals surface area contributed by atoms with Crippen molar-refractivity contribution in [3.63, 3.8) is 0 Å². The molecule has 0 amide bonds. The van der Waals surface area contributed by atoms with Crippen LogP contribution in [0, 0.1) is 0 Å². The molecule has 0 aliphatic heterocycles. The monoisotopic (exact) mass is 806 g/mol. The van der Waals surface area contributed by atoms with Crippen molar-refractivity contribution in [3.8, 4) is 33.4 Å². The van der Waals surface area contributed by atoms with Crippen LogP contribution in [0.15, 0.2) is 279 Å². The zero-order valence-electron chi connectivity index (χ0n) is 34.6. The molecule has 0 saturated heterocycles. The van der Waals surface area contributed by atoms with Crippen molar-refractivity contribution in [1.82, 2.24) is 0 Å². The van der Waals surface area contributed by atoms with Gasteiger partial charge in [-0.15, -0.1) is 0 Å². The standard InChI is InChI=1S/C61H46Si/c1-7-29-53(30-8-1)61(54-31-9-2-10-32-54,55-33-11-3-12-34-55)56-35-21-27-51(45-56)49-25-19-23-47(43-49)48-24-20-26-50(44-48)52-28-22-42-60(46-52)62(57-36-13-4-14-37-57,58-38-15-5-16-39-58)59-40-17-6-18-41-59/h1-46H. The molecule has 0 saturated carbocycles. The maximum absolute atomic E-state index is 2.67. The van der Waals surface area contributed by atoms with Gasteiger partial charge in [0.1, 0.15) is 0 Å². The summed E-state index contributed by atoms with van der Waals surface area (Å²) in [6.45, 7) is 0. The van der Waals surface area contributed by atoms with Crippen LogP contribution in [-0.2, 0) is 5.41 Å². The Balaban J connectivity index is 1.06. The Morgan fingerprint density at radius 1 is 0.194 bits per heavy atom. The molecule has 10 aromatic carbocycles. The van der Waals surface area contributed by atoms with E-state index in [9.17, 15) is 0 Å². The molecule has 0 nitrogen and oxygen atoms in total. The molecule has 0 spiro atoms. The van der Waals surface area contributed by atoms with Gasteiger partial charge in [-0.05, 0) is 94.6 Å². The van der Waals surface area contributed by atoms with Gasteiger partial charge in [0.15, 0.2) is 8.07 Å². The van der Waals surface area contributed by atoms with Crippen LogP contribution in [0.1, 0.15) is 22.3 Å². The predicted octanol–water partition coefficient (Wildman–Crippen LogP) is 12.4. The fraction of sp³-hybridized carbons (Fsp3) is 0.0164. The molecule has 0 aromatic heterocycles. The smallest absolute Gasteiger partial charge is 0.0623 e. The van der Waals surface area contributed by atoms with Crippen molar-refractivity contribution in [1.29, 1.82) is 0 Å². The topological polar surface area (TPSA) is 0 Å². The average molecular weight is 807 g/mol. The first kappa shape index (κ1) is 38.6. The minimum atomic E-state index is -2.67. The van der Waals surface area contributed by atoms with E-state index in [1.54, 1.807) is 0 Å². The largest absolute Gasteiger partial charge is 0.179 e. The Bertz CT molecular complexity index is 2630. The maximum Gasteiger partial charge on any atom is 0.179 e. The molecule has 0 radical (unpaired) electrons. The highest BCUT2D eigenvalue weighted by molar-refractivity contribution is 7.19. The van der Waals surface area contributed by atoms with Crippen LogP contribution in [0.4, 0.5) is 0 Å². The number of hydrogen-bond acceptors (Lipinski definition) is 0. The van der Waals surface area contributed by atoms with Gasteiger partial charge in [-0.1, -0.05) is 261 Å². The van der Waals surface area contributed by atoms with E-state index in [0.717, 1.165) is 0 Å². The summed E-state index contributed by atoms with van der Waals surface area (Å²) in [6.07, 6.45) is 0. The van der Waals surface area contributed by atoms with Crippen molar-refractivity contribution < 1.29 is 0 Å². The number of rotatable bonds is 11. The van der Waals surface area contributed by atoms with Crippen LogP contribution < -0.4 is 20.7 Å². The lowest BCUT2D eigenvalue weighted by Crippen LogP contribution is -2.74. The van der Waals surface area contributed by atoms with E-state index in [1.165, 1.54) is 76.4 Å². The first-order valence-electron chi connectivity index (χ1n) is 21.5. The maximum atomic E-state index is 2.46. The first-order valence-corrected chi connectivity index (χ1v) is 23.5. The van der Waals surface area contributed by atoms with E-state index in [4.69, 9.17) is 0 Å². The molecule has 0 aliphatic rings. The van der Waals surface area contributed by atoms with Crippen LogP contribution in [0.5, 0.6) is 0 Å². The van der Waals surface area contributed by atoms with Gasteiger partial charge in [0.25, 0.3) is 0 Å². The highest BCUT2D eigenvalue weighted by Crippen LogP contribution is 2.46. The number of benzene rings is 10. The van der Waals surface area contributed by atoms with Gasteiger partial charge < -0.3 is 0 Å². The quantitative estimate of drug-likeness (QED) is 0.0902. The Kier molecular flexibility index (Phi) is 10.7. The van der Waals surface area contributed by atoms with Crippen molar-refractivity contribution in [2.75, 3.05) is 0 Å². The minimum Gasteiger partial charge on any atom is -0.0623 e. The van der Waals surface area contributed by atoms with Crippen molar-refractivity contribution in [2.45, 2.75) is 5.41 Å². The lowest BCUT2D eigenvalue weighted by Gasteiger charge is -2.37. The van der Waals surface area contributed by atoms with Crippen molar-refractivity contribution >= 4 is 28.8 Å². The van der Waals surface area contributed by atoms with E-state index in [-0.39, 0.29) is 0 Å². The molecule has 0 atom stereocenters. The van der Waals surface area contributed by atoms with E-state index < -0.39 is 13.5 Å². The average Bonchev–Trinajstić information content (AvgIpc) is 3.37. The molecule has 0 unspecified atom stereocenters. The summed E-state index contributed by atoms with van der Waals surface area (Å²) in [6, 6.07) is 103. The molecule has 294 valence electrons. The summed E-state index contributed by atoms with van der Waals surface area (Å²) >= 11 is 0. The van der Waals surface area contributed by atoms with Gasteiger partial charge >= 0.3 is 0 Å². The Hall–Kier alpha value is -7.58. The van der Waals surface area contributed by atoms with Gasteiger partial charge in [0.2, 0.25) is 0 Å². The van der Waals surface area contributed by atoms with E-state index >= 15 is 0 Å². The molecule has 10 aromatic rings. The molecular formula is C61H46Si. The third-order valence-electron chi connectivity index (χ3n) is 12.6. The highest BCUT2D eigenvalue weighted by atomic mass is 28.3. The molecule has 10 rings (SSSR count). The lowest BCUT2D eigenvalue weighted by atomic mass is 9.65. The van der Waals surface area contributed by atoms with Crippen LogP contribution in [0.2, 0.25) is 0 Å². The predicted molar refractivity (Wildman–Crippen MR) is 265 cm³/mol.